The summed E-state index contributed by atoms with van der Waals surface area (Å²) in [6.07, 6.45) is 4.90. The van der Waals surface area contributed by atoms with E-state index >= 15 is 0 Å². The third-order valence-electron chi connectivity index (χ3n) is 2.98. The summed E-state index contributed by atoms with van der Waals surface area (Å²) in [4.78, 5) is 0. The number of alkyl halides is 1. The summed E-state index contributed by atoms with van der Waals surface area (Å²) in [5, 5.41) is 4.19. The molecule has 2 aromatic rings. The van der Waals surface area contributed by atoms with E-state index in [0.29, 0.717) is 11.8 Å². The van der Waals surface area contributed by atoms with Crippen molar-refractivity contribution in [3.05, 3.63) is 53.3 Å². The molecule has 90 valence electrons. The molecule has 0 radical (unpaired) electrons. The van der Waals surface area contributed by atoms with Gasteiger partial charge in [-0.3, -0.25) is 4.68 Å². The molecule has 1 atom stereocenters. The van der Waals surface area contributed by atoms with Crippen molar-refractivity contribution in [1.29, 1.82) is 0 Å². The molecule has 0 aliphatic heterocycles. The Kier molecular flexibility index (Phi) is 3.85. The molecule has 0 amide bonds. The minimum atomic E-state index is 0.362. The van der Waals surface area contributed by atoms with Crippen LogP contribution in [0.15, 0.2) is 36.7 Å². The van der Waals surface area contributed by atoms with Gasteiger partial charge in [-0.1, -0.05) is 29.8 Å². The molecule has 0 N–H and O–H groups in total. The summed E-state index contributed by atoms with van der Waals surface area (Å²) in [6, 6.07) is 8.60. The third-order valence-corrected chi connectivity index (χ3v) is 3.35. The average Bonchev–Trinajstić information content (AvgIpc) is 2.73. The largest absolute Gasteiger partial charge is 0.276 e. The van der Waals surface area contributed by atoms with Crippen LogP contribution in [0.25, 0.3) is 0 Å². The standard InChI is InChI=1S/C14H17ClN2/c1-11-3-5-13(6-4-11)14(8-15)7-12-9-16-17(2)10-12/h3-6,9-10,14H,7-8H2,1-2H3. The zero-order chi connectivity index (χ0) is 12.3. The fourth-order valence-corrected chi connectivity index (χ4v) is 2.25. The van der Waals surface area contributed by atoms with E-state index in [-0.39, 0.29) is 0 Å². The first kappa shape index (κ1) is 12.2. The van der Waals surface area contributed by atoms with E-state index in [1.165, 1.54) is 16.7 Å². The highest BCUT2D eigenvalue weighted by atomic mass is 35.5. The second-order valence-corrected chi connectivity index (χ2v) is 4.80. The van der Waals surface area contributed by atoms with E-state index in [4.69, 9.17) is 11.6 Å². The molecular weight excluding hydrogens is 232 g/mol. The lowest BCUT2D eigenvalue weighted by Gasteiger charge is -2.13. The molecule has 17 heavy (non-hydrogen) atoms. The van der Waals surface area contributed by atoms with Gasteiger partial charge in [0.15, 0.2) is 0 Å². The smallest absolute Gasteiger partial charge is 0.0521 e. The quantitative estimate of drug-likeness (QED) is 0.760. The van der Waals surface area contributed by atoms with Crippen molar-refractivity contribution in [2.45, 2.75) is 19.3 Å². The zero-order valence-electron chi connectivity index (χ0n) is 10.2. The minimum Gasteiger partial charge on any atom is -0.276 e. The maximum Gasteiger partial charge on any atom is 0.0521 e. The van der Waals surface area contributed by atoms with Gasteiger partial charge in [0.2, 0.25) is 0 Å². The van der Waals surface area contributed by atoms with Gasteiger partial charge >= 0.3 is 0 Å². The van der Waals surface area contributed by atoms with Crippen LogP contribution in [-0.2, 0) is 13.5 Å². The van der Waals surface area contributed by atoms with Crippen LogP contribution in [0.3, 0.4) is 0 Å². The molecule has 0 saturated carbocycles. The van der Waals surface area contributed by atoms with Crippen LogP contribution in [0.5, 0.6) is 0 Å². The van der Waals surface area contributed by atoms with Crippen molar-refractivity contribution < 1.29 is 0 Å². The predicted octanol–water partition coefficient (Wildman–Crippen LogP) is 3.29. The summed E-state index contributed by atoms with van der Waals surface area (Å²) >= 11 is 6.07. The molecule has 1 unspecified atom stereocenters. The fraction of sp³-hybridized carbons (Fsp3) is 0.357. The Bertz CT molecular complexity index is 473. The van der Waals surface area contributed by atoms with Gasteiger partial charge < -0.3 is 0 Å². The summed E-state index contributed by atoms with van der Waals surface area (Å²) in [5.41, 5.74) is 3.82. The Hall–Kier alpha value is -1.28. The number of benzene rings is 1. The van der Waals surface area contributed by atoms with E-state index in [1.807, 2.05) is 24.1 Å². The van der Waals surface area contributed by atoms with Crippen LogP contribution in [0.1, 0.15) is 22.6 Å². The van der Waals surface area contributed by atoms with Gasteiger partial charge in [-0.25, -0.2) is 0 Å². The number of rotatable bonds is 4. The van der Waals surface area contributed by atoms with Gasteiger partial charge in [0.05, 0.1) is 6.20 Å². The molecule has 1 aromatic carbocycles. The van der Waals surface area contributed by atoms with E-state index < -0.39 is 0 Å². The van der Waals surface area contributed by atoms with Gasteiger partial charge in [0, 0.05) is 25.0 Å². The van der Waals surface area contributed by atoms with Gasteiger partial charge in [0.25, 0.3) is 0 Å². The van der Waals surface area contributed by atoms with Gasteiger partial charge in [-0.15, -0.1) is 11.6 Å². The highest BCUT2D eigenvalue weighted by Crippen LogP contribution is 2.22. The molecule has 0 bridgehead atoms. The van der Waals surface area contributed by atoms with Crippen LogP contribution >= 0.6 is 11.6 Å². The van der Waals surface area contributed by atoms with E-state index in [1.54, 1.807) is 0 Å². The Balaban J connectivity index is 2.13. The first-order valence-electron chi connectivity index (χ1n) is 5.79. The van der Waals surface area contributed by atoms with E-state index in [2.05, 4.69) is 36.3 Å². The number of hydrogen-bond acceptors (Lipinski definition) is 1. The lowest BCUT2D eigenvalue weighted by Crippen LogP contribution is -2.04. The summed E-state index contributed by atoms with van der Waals surface area (Å²) in [6.45, 7) is 2.10. The lowest BCUT2D eigenvalue weighted by atomic mass is 9.94. The molecule has 0 aliphatic carbocycles. The molecule has 2 rings (SSSR count). The first-order chi connectivity index (χ1) is 8.19. The fourth-order valence-electron chi connectivity index (χ4n) is 1.96. The van der Waals surface area contributed by atoms with Gasteiger partial charge in [0.1, 0.15) is 0 Å². The summed E-state index contributed by atoms with van der Waals surface area (Å²) in [7, 11) is 1.94. The number of aromatic nitrogens is 2. The number of nitrogens with zero attached hydrogens (tertiary/aromatic N) is 2. The molecule has 3 heteroatoms. The summed E-state index contributed by atoms with van der Waals surface area (Å²) in [5.74, 6) is 0.999. The van der Waals surface area contributed by atoms with Crippen LogP contribution in [0.4, 0.5) is 0 Å². The third kappa shape index (κ3) is 3.10. The minimum absolute atomic E-state index is 0.362. The SMILES string of the molecule is Cc1ccc(C(CCl)Cc2cnn(C)c2)cc1. The molecule has 2 nitrogen and oxygen atoms in total. The van der Waals surface area contributed by atoms with Crippen molar-refractivity contribution in [2.24, 2.45) is 7.05 Å². The molecule has 0 saturated heterocycles. The maximum absolute atomic E-state index is 6.07. The first-order valence-corrected chi connectivity index (χ1v) is 6.32. The zero-order valence-corrected chi connectivity index (χ0v) is 11.0. The van der Waals surface area contributed by atoms with Crippen molar-refractivity contribution in [3.8, 4) is 0 Å². The molecular formula is C14H17ClN2. The Labute approximate surface area is 107 Å². The molecule has 0 fully saturated rings. The van der Waals surface area contributed by atoms with E-state index in [0.717, 1.165) is 6.42 Å². The monoisotopic (exact) mass is 248 g/mol. The Morgan fingerprint density at radius 3 is 2.53 bits per heavy atom. The number of hydrogen-bond donors (Lipinski definition) is 0. The van der Waals surface area contributed by atoms with Crippen molar-refractivity contribution in [2.75, 3.05) is 5.88 Å². The molecule has 1 aromatic heterocycles. The van der Waals surface area contributed by atoms with Crippen LogP contribution < -0.4 is 0 Å². The lowest BCUT2D eigenvalue weighted by molar-refractivity contribution is 0.754. The molecule has 0 spiro atoms. The second kappa shape index (κ2) is 5.37. The summed E-state index contributed by atoms with van der Waals surface area (Å²) < 4.78 is 1.83. The normalized spacial score (nSPS) is 12.6. The Morgan fingerprint density at radius 1 is 1.29 bits per heavy atom. The van der Waals surface area contributed by atoms with Gasteiger partial charge in [-0.2, -0.15) is 5.10 Å². The van der Waals surface area contributed by atoms with Crippen molar-refractivity contribution >= 4 is 11.6 Å². The highest BCUT2D eigenvalue weighted by Gasteiger charge is 2.12. The van der Waals surface area contributed by atoms with Gasteiger partial charge in [-0.05, 0) is 24.5 Å². The molecule has 1 heterocycles. The van der Waals surface area contributed by atoms with Crippen LogP contribution in [-0.4, -0.2) is 15.7 Å². The van der Waals surface area contributed by atoms with Crippen molar-refractivity contribution in [1.82, 2.24) is 9.78 Å². The number of aryl methyl sites for hydroxylation is 2. The average molecular weight is 249 g/mol. The highest BCUT2D eigenvalue weighted by molar-refractivity contribution is 6.18. The van der Waals surface area contributed by atoms with Crippen LogP contribution in [0, 0.1) is 6.92 Å². The predicted molar refractivity (Wildman–Crippen MR) is 71.6 cm³/mol. The second-order valence-electron chi connectivity index (χ2n) is 4.49. The maximum atomic E-state index is 6.07. The number of halogens is 1. The topological polar surface area (TPSA) is 17.8 Å². The Morgan fingerprint density at radius 2 is 2.00 bits per heavy atom. The van der Waals surface area contributed by atoms with E-state index in [9.17, 15) is 0 Å². The molecule has 0 aliphatic rings. The van der Waals surface area contributed by atoms with Crippen molar-refractivity contribution in [3.63, 3.8) is 0 Å². The van der Waals surface area contributed by atoms with Crippen LogP contribution in [0.2, 0.25) is 0 Å².